The zero-order chi connectivity index (χ0) is 30.1. The lowest BCUT2D eigenvalue weighted by Gasteiger charge is -2.22. The molecule has 4 aromatic rings. The zero-order valence-electron chi connectivity index (χ0n) is 24.0. The molecule has 0 spiro atoms. The first-order chi connectivity index (χ1) is 20.2. The molecule has 1 aliphatic carbocycles. The smallest absolute Gasteiger partial charge is 0.351 e. The van der Waals surface area contributed by atoms with Crippen molar-refractivity contribution in [1.82, 2.24) is 20.3 Å². The molecular formula is C31H36ClF3N6S. The van der Waals surface area contributed by atoms with E-state index in [2.05, 4.69) is 40.1 Å². The van der Waals surface area contributed by atoms with Gasteiger partial charge in [0.15, 0.2) is 0 Å². The molecule has 2 aromatic carbocycles. The van der Waals surface area contributed by atoms with Crippen LogP contribution in [-0.4, -0.2) is 40.8 Å². The molecule has 5 rings (SSSR count). The molecule has 0 aliphatic heterocycles. The Morgan fingerprint density at radius 3 is 2.43 bits per heavy atom. The van der Waals surface area contributed by atoms with Crippen molar-refractivity contribution in [2.24, 2.45) is 0 Å². The van der Waals surface area contributed by atoms with Crippen molar-refractivity contribution in [2.75, 3.05) is 23.6 Å². The molecule has 224 valence electrons. The maximum atomic E-state index is 11.0. The van der Waals surface area contributed by atoms with Crippen molar-refractivity contribution >= 4 is 46.2 Å². The summed E-state index contributed by atoms with van der Waals surface area (Å²) in [5.74, 6) is 1.55. The van der Waals surface area contributed by atoms with Gasteiger partial charge in [0, 0.05) is 33.8 Å². The fraction of sp³-hybridized carbons (Fsp3) is 0.387. The Hall–Kier alpha value is -3.08. The van der Waals surface area contributed by atoms with E-state index in [0.717, 1.165) is 55.8 Å². The highest BCUT2D eigenvalue weighted by atomic mass is 35.5. The number of aryl methyl sites for hydroxylation is 2. The van der Waals surface area contributed by atoms with E-state index in [4.69, 9.17) is 21.6 Å². The second kappa shape index (κ2) is 14.9. The van der Waals surface area contributed by atoms with Gasteiger partial charge in [0.05, 0.1) is 17.1 Å². The van der Waals surface area contributed by atoms with Crippen LogP contribution in [0.4, 0.5) is 24.9 Å². The van der Waals surface area contributed by atoms with Crippen molar-refractivity contribution in [3.63, 3.8) is 0 Å². The van der Waals surface area contributed by atoms with E-state index in [9.17, 15) is 13.2 Å². The van der Waals surface area contributed by atoms with E-state index in [-0.39, 0.29) is 0 Å². The van der Waals surface area contributed by atoms with Crippen LogP contribution in [0.15, 0.2) is 59.6 Å². The molecule has 1 saturated carbocycles. The first kappa shape index (κ1) is 31.8. The maximum Gasteiger partial charge on any atom is 0.401 e. The minimum absolute atomic E-state index is 0.488. The van der Waals surface area contributed by atoms with Crippen molar-refractivity contribution < 1.29 is 13.2 Å². The van der Waals surface area contributed by atoms with Crippen LogP contribution in [0.1, 0.15) is 50.3 Å². The van der Waals surface area contributed by atoms with Crippen molar-refractivity contribution in [3.8, 4) is 11.1 Å². The van der Waals surface area contributed by atoms with Gasteiger partial charge in [-0.05, 0) is 92.7 Å². The van der Waals surface area contributed by atoms with Crippen LogP contribution in [0.5, 0.6) is 0 Å². The number of alkyl halides is 3. The number of halogens is 4. The summed E-state index contributed by atoms with van der Waals surface area (Å²) in [6.07, 6.45) is 5.12. The Morgan fingerprint density at radius 2 is 1.79 bits per heavy atom. The summed E-state index contributed by atoms with van der Waals surface area (Å²) < 4.78 is 36.3. The molecule has 0 saturated heterocycles. The van der Waals surface area contributed by atoms with Gasteiger partial charge in [-0.15, -0.1) is 0 Å². The largest absolute Gasteiger partial charge is 0.401 e. The summed E-state index contributed by atoms with van der Waals surface area (Å²) in [5.41, 5.74) is 5.47. The lowest BCUT2D eigenvalue weighted by atomic mass is 9.96. The summed E-state index contributed by atoms with van der Waals surface area (Å²) in [7, 11) is 1.26. The molecule has 0 bridgehead atoms. The predicted octanol–water partition coefficient (Wildman–Crippen LogP) is 8.85. The normalized spacial score (nSPS) is 13.9. The predicted molar refractivity (Wildman–Crippen MR) is 168 cm³/mol. The molecular weight excluding hydrogens is 581 g/mol. The molecule has 0 atom stereocenters. The third-order valence-corrected chi connectivity index (χ3v) is 8.29. The number of pyridine rings is 1. The number of hydrogen-bond donors (Lipinski definition) is 3. The van der Waals surface area contributed by atoms with E-state index in [1.165, 1.54) is 56.7 Å². The summed E-state index contributed by atoms with van der Waals surface area (Å²) >= 11 is 7.73. The van der Waals surface area contributed by atoms with Crippen LogP contribution in [0.3, 0.4) is 0 Å². The van der Waals surface area contributed by atoms with Gasteiger partial charge in [-0.3, -0.25) is 0 Å². The summed E-state index contributed by atoms with van der Waals surface area (Å²) in [5, 5.41) is 7.33. The highest BCUT2D eigenvalue weighted by Crippen LogP contribution is 2.32. The molecule has 0 unspecified atom stereocenters. The molecule has 0 radical (unpaired) electrons. The second-order valence-electron chi connectivity index (χ2n) is 10.2. The molecule has 11 heteroatoms. The topological polar surface area (TPSA) is 74.8 Å². The van der Waals surface area contributed by atoms with Gasteiger partial charge >= 0.3 is 6.18 Å². The maximum absolute atomic E-state index is 11.0. The van der Waals surface area contributed by atoms with Crippen molar-refractivity contribution in [3.05, 3.63) is 71.0 Å². The number of nitrogens with zero attached hydrogens (tertiary/aromatic N) is 3. The Kier molecular flexibility index (Phi) is 11.3. The van der Waals surface area contributed by atoms with Gasteiger partial charge in [-0.25, -0.2) is 15.0 Å². The summed E-state index contributed by atoms with van der Waals surface area (Å²) in [6.45, 7) is 3.32. The van der Waals surface area contributed by atoms with Gasteiger partial charge in [0.25, 0.3) is 0 Å². The summed E-state index contributed by atoms with van der Waals surface area (Å²) in [4.78, 5) is 15.3. The lowest BCUT2D eigenvalue weighted by molar-refractivity contribution is -0.123. The number of aromatic nitrogens is 3. The molecule has 2 aromatic heterocycles. The Morgan fingerprint density at radius 1 is 1.02 bits per heavy atom. The third-order valence-electron chi connectivity index (χ3n) is 6.96. The Labute approximate surface area is 254 Å². The van der Waals surface area contributed by atoms with Gasteiger partial charge in [-0.1, -0.05) is 49.9 Å². The lowest BCUT2D eigenvalue weighted by Crippen LogP contribution is -2.25. The quantitative estimate of drug-likeness (QED) is 0.171. The standard InChI is InChI=1S/C28H30ClN5S.C3H6F3N/c1-3-19-15-20(16-21-17-30-28(33-27(19)21)32-22-9-5-4-6-10-22)23-13-14-26(31-18(23)2)34-35-25-12-8-7-11-24(25)29;1-7-2-3(4,5)6/h7-8,11-17,22H,3-6,9-10H2,1-2H3,(H,31,34)(H,30,32,33);7H,2H2,1H3. The van der Waals surface area contributed by atoms with Crippen LogP contribution >= 0.6 is 23.5 Å². The van der Waals surface area contributed by atoms with E-state index in [1.807, 2.05) is 48.8 Å². The van der Waals surface area contributed by atoms with Gasteiger partial charge in [0.1, 0.15) is 5.82 Å². The molecule has 0 amide bonds. The zero-order valence-corrected chi connectivity index (χ0v) is 25.6. The fourth-order valence-corrected chi connectivity index (χ4v) is 5.79. The minimum Gasteiger partial charge on any atom is -0.351 e. The third kappa shape index (κ3) is 8.96. The Bertz CT molecular complexity index is 1480. The highest BCUT2D eigenvalue weighted by Gasteiger charge is 2.25. The van der Waals surface area contributed by atoms with Crippen molar-refractivity contribution in [2.45, 2.75) is 69.5 Å². The number of hydrogen-bond acceptors (Lipinski definition) is 7. The monoisotopic (exact) mass is 616 g/mol. The van der Waals surface area contributed by atoms with Crippen molar-refractivity contribution in [1.29, 1.82) is 0 Å². The minimum atomic E-state index is -4.06. The number of fused-ring (bicyclic) bond motifs is 1. The average molecular weight is 617 g/mol. The molecule has 2 heterocycles. The number of anilines is 2. The fourth-order valence-electron chi connectivity index (χ4n) is 4.90. The van der Waals surface area contributed by atoms with E-state index < -0.39 is 12.7 Å². The van der Waals surface area contributed by atoms with Gasteiger partial charge < -0.3 is 15.4 Å². The highest BCUT2D eigenvalue weighted by molar-refractivity contribution is 8.00. The second-order valence-corrected chi connectivity index (χ2v) is 11.5. The van der Waals surface area contributed by atoms with Crippen LogP contribution < -0.4 is 15.4 Å². The Balaban J connectivity index is 0.000000517. The van der Waals surface area contributed by atoms with Crippen LogP contribution in [-0.2, 0) is 6.42 Å². The first-order valence-electron chi connectivity index (χ1n) is 14.1. The SMILES string of the molecule is CCc1cc(-c2ccc(NSc3ccccc3Cl)nc2C)cc2cnc(NC3CCCCC3)nc12.CNCC(F)(F)F. The molecule has 1 fully saturated rings. The molecule has 42 heavy (non-hydrogen) atoms. The molecule has 6 nitrogen and oxygen atoms in total. The van der Waals surface area contributed by atoms with E-state index in [0.29, 0.717) is 6.04 Å². The molecule has 1 aliphatic rings. The molecule has 3 N–H and O–H groups in total. The van der Waals surface area contributed by atoms with Gasteiger partial charge in [0.2, 0.25) is 5.95 Å². The first-order valence-corrected chi connectivity index (χ1v) is 15.3. The number of rotatable bonds is 8. The average Bonchev–Trinajstić information content (AvgIpc) is 2.96. The van der Waals surface area contributed by atoms with Crippen LogP contribution in [0.2, 0.25) is 5.02 Å². The van der Waals surface area contributed by atoms with E-state index in [1.54, 1.807) is 0 Å². The van der Waals surface area contributed by atoms with Crippen LogP contribution in [0.25, 0.3) is 22.0 Å². The summed E-state index contributed by atoms with van der Waals surface area (Å²) in [6, 6.07) is 16.8. The van der Waals surface area contributed by atoms with E-state index >= 15 is 0 Å². The van der Waals surface area contributed by atoms with Gasteiger partial charge in [-0.2, -0.15) is 13.2 Å². The number of nitrogens with one attached hydrogen (secondary N) is 3. The van der Waals surface area contributed by atoms with Crippen LogP contribution in [0, 0.1) is 6.92 Å². The number of benzene rings is 2.